The third kappa shape index (κ3) is 2.77. The molecule has 2 heterocycles. The Balaban J connectivity index is 1.63. The van der Waals surface area contributed by atoms with Crippen LogP contribution in [0.5, 0.6) is 0 Å². The summed E-state index contributed by atoms with van der Waals surface area (Å²) in [5, 5.41) is 2.92. The van der Waals surface area contributed by atoms with Crippen molar-refractivity contribution in [3.63, 3.8) is 0 Å². The maximum Gasteiger partial charge on any atom is 0.238 e. The molecule has 0 saturated carbocycles. The fourth-order valence-electron chi connectivity index (χ4n) is 2.83. The molecule has 0 radical (unpaired) electrons. The number of halogens is 1. The Bertz CT molecular complexity index is 462. The van der Waals surface area contributed by atoms with Crippen LogP contribution in [0.4, 0.5) is 4.39 Å². The molecule has 1 amide bonds. The summed E-state index contributed by atoms with van der Waals surface area (Å²) in [7, 11) is 0. The molecular formula is C14H18FN3O. The van der Waals surface area contributed by atoms with Crippen molar-refractivity contribution in [3.8, 4) is 0 Å². The first-order chi connectivity index (χ1) is 9.22. The number of carbonyl (C=O) groups excluding carboxylic acids is 1. The van der Waals surface area contributed by atoms with Crippen molar-refractivity contribution in [2.45, 2.75) is 12.6 Å². The molecule has 102 valence electrons. The zero-order valence-corrected chi connectivity index (χ0v) is 10.8. The minimum atomic E-state index is -0.208. The molecule has 2 aliphatic heterocycles. The van der Waals surface area contributed by atoms with E-state index in [1.807, 2.05) is 12.1 Å². The fraction of sp³-hybridized carbons (Fsp3) is 0.500. The Hall–Kier alpha value is -1.46. The lowest BCUT2D eigenvalue weighted by molar-refractivity contribution is -0.131. The molecule has 2 saturated heterocycles. The summed E-state index contributed by atoms with van der Waals surface area (Å²) in [6.07, 6.45) is 0. The highest BCUT2D eigenvalue weighted by molar-refractivity contribution is 5.82. The molecule has 0 aliphatic carbocycles. The third-order valence-electron chi connectivity index (χ3n) is 3.90. The van der Waals surface area contributed by atoms with Gasteiger partial charge in [-0.3, -0.25) is 14.6 Å². The highest BCUT2D eigenvalue weighted by Gasteiger charge is 2.34. The number of fused-ring (bicyclic) bond motifs is 1. The van der Waals surface area contributed by atoms with Gasteiger partial charge < -0.3 is 5.32 Å². The molecule has 2 aliphatic rings. The van der Waals surface area contributed by atoms with Crippen LogP contribution in [-0.4, -0.2) is 54.5 Å². The first-order valence-corrected chi connectivity index (χ1v) is 6.71. The number of hydrogen-bond acceptors (Lipinski definition) is 3. The molecule has 1 atom stereocenters. The van der Waals surface area contributed by atoms with E-state index in [2.05, 4.69) is 15.1 Å². The van der Waals surface area contributed by atoms with Crippen molar-refractivity contribution in [1.29, 1.82) is 0 Å². The molecule has 0 spiro atoms. The van der Waals surface area contributed by atoms with Crippen LogP contribution in [0.3, 0.4) is 0 Å². The molecule has 1 unspecified atom stereocenters. The number of nitrogens with zero attached hydrogens (tertiary/aromatic N) is 2. The zero-order valence-electron chi connectivity index (χ0n) is 10.8. The molecule has 2 fully saturated rings. The molecule has 5 heteroatoms. The first-order valence-electron chi connectivity index (χ1n) is 6.71. The second-order valence-corrected chi connectivity index (χ2v) is 5.20. The number of carbonyl (C=O) groups is 1. The second-order valence-electron chi connectivity index (χ2n) is 5.20. The SMILES string of the molecule is O=C1NCCN2CCN(Cc3ccc(F)cc3)CC12. The second kappa shape index (κ2) is 5.27. The van der Waals surface area contributed by atoms with Crippen LogP contribution in [-0.2, 0) is 11.3 Å². The number of amides is 1. The van der Waals surface area contributed by atoms with E-state index in [1.54, 1.807) is 0 Å². The molecule has 3 rings (SSSR count). The lowest BCUT2D eigenvalue weighted by Gasteiger charge is -2.43. The van der Waals surface area contributed by atoms with Gasteiger partial charge in [-0.2, -0.15) is 0 Å². The Morgan fingerprint density at radius 3 is 2.79 bits per heavy atom. The summed E-state index contributed by atoms with van der Waals surface area (Å²) in [6.45, 7) is 5.12. The monoisotopic (exact) mass is 263 g/mol. The van der Waals surface area contributed by atoms with Gasteiger partial charge >= 0.3 is 0 Å². The Morgan fingerprint density at radius 1 is 1.21 bits per heavy atom. The van der Waals surface area contributed by atoms with E-state index in [1.165, 1.54) is 12.1 Å². The van der Waals surface area contributed by atoms with Crippen LogP contribution in [0.15, 0.2) is 24.3 Å². The lowest BCUT2D eigenvalue weighted by atomic mass is 10.1. The van der Waals surface area contributed by atoms with Crippen LogP contribution in [0.1, 0.15) is 5.56 Å². The maximum absolute atomic E-state index is 12.9. The minimum absolute atomic E-state index is 0.0250. The Morgan fingerprint density at radius 2 is 2.00 bits per heavy atom. The van der Waals surface area contributed by atoms with Crippen molar-refractivity contribution in [2.75, 3.05) is 32.7 Å². The number of rotatable bonds is 2. The van der Waals surface area contributed by atoms with Crippen LogP contribution >= 0.6 is 0 Å². The van der Waals surface area contributed by atoms with E-state index in [0.717, 1.165) is 44.8 Å². The molecule has 1 aromatic rings. The van der Waals surface area contributed by atoms with Crippen LogP contribution in [0, 0.1) is 5.82 Å². The summed E-state index contributed by atoms with van der Waals surface area (Å²) in [4.78, 5) is 16.4. The summed E-state index contributed by atoms with van der Waals surface area (Å²) >= 11 is 0. The van der Waals surface area contributed by atoms with Gasteiger partial charge in [-0.05, 0) is 17.7 Å². The maximum atomic E-state index is 12.9. The smallest absolute Gasteiger partial charge is 0.238 e. The predicted octanol–water partition coefficient (Wildman–Crippen LogP) is 0.442. The van der Waals surface area contributed by atoms with Crippen molar-refractivity contribution in [3.05, 3.63) is 35.6 Å². The quantitative estimate of drug-likeness (QED) is 0.841. The van der Waals surface area contributed by atoms with Crippen LogP contribution < -0.4 is 5.32 Å². The fourth-order valence-corrected chi connectivity index (χ4v) is 2.83. The first kappa shape index (κ1) is 12.6. The molecule has 1 N–H and O–H groups in total. The van der Waals surface area contributed by atoms with Crippen molar-refractivity contribution < 1.29 is 9.18 Å². The van der Waals surface area contributed by atoms with Gasteiger partial charge in [0.05, 0.1) is 0 Å². The van der Waals surface area contributed by atoms with Crippen molar-refractivity contribution >= 4 is 5.91 Å². The molecule has 4 nitrogen and oxygen atoms in total. The van der Waals surface area contributed by atoms with E-state index >= 15 is 0 Å². The van der Waals surface area contributed by atoms with Gasteiger partial charge in [0.25, 0.3) is 0 Å². The van der Waals surface area contributed by atoms with Gasteiger partial charge in [-0.15, -0.1) is 0 Å². The van der Waals surface area contributed by atoms with Crippen LogP contribution in [0.2, 0.25) is 0 Å². The largest absolute Gasteiger partial charge is 0.353 e. The van der Waals surface area contributed by atoms with Gasteiger partial charge in [0.2, 0.25) is 5.91 Å². The standard InChI is InChI=1S/C14H18FN3O/c15-12-3-1-11(2-4-12)9-17-7-8-18-6-5-16-14(19)13(18)10-17/h1-4,13H,5-10H2,(H,16,19). The average molecular weight is 263 g/mol. The van der Waals surface area contributed by atoms with Crippen molar-refractivity contribution in [1.82, 2.24) is 15.1 Å². The predicted molar refractivity (Wildman–Crippen MR) is 70.0 cm³/mol. The van der Waals surface area contributed by atoms with E-state index in [0.29, 0.717) is 0 Å². The topological polar surface area (TPSA) is 35.6 Å². The summed E-state index contributed by atoms with van der Waals surface area (Å²) in [5.41, 5.74) is 1.09. The summed E-state index contributed by atoms with van der Waals surface area (Å²) in [5.74, 6) is -0.0738. The van der Waals surface area contributed by atoms with Gasteiger partial charge in [0, 0.05) is 39.3 Å². The van der Waals surface area contributed by atoms with Gasteiger partial charge in [0.1, 0.15) is 11.9 Å². The summed E-state index contributed by atoms with van der Waals surface area (Å²) < 4.78 is 12.9. The normalized spacial score (nSPS) is 24.9. The molecular weight excluding hydrogens is 245 g/mol. The average Bonchev–Trinajstić information content (AvgIpc) is 2.42. The van der Waals surface area contributed by atoms with Gasteiger partial charge in [0.15, 0.2) is 0 Å². The zero-order chi connectivity index (χ0) is 13.2. The van der Waals surface area contributed by atoms with E-state index < -0.39 is 0 Å². The summed E-state index contributed by atoms with van der Waals surface area (Å²) in [6, 6.07) is 6.56. The van der Waals surface area contributed by atoms with Crippen LogP contribution in [0.25, 0.3) is 0 Å². The number of benzene rings is 1. The Kier molecular flexibility index (Phi) is 3.48. The molecule has 0 bridgehead atoms. The van der Waals surface area contributed by atoms with Gasteiger partial charge in [-0.25, -0.2) is 4.39 Å². The molecule has 19 heavy (non-hydrogen) atoms. The highest BCUT2D eigenvalue weighted by atomic mass is 19.1. The number of nitrogens with one attached hydrogen (secondary N) is 1. The number of hydrogen-bond donors (Lipinski definition) is 1. The minimum Gasteiger partial charge on any atom is -0.353 e. The highest BCUT2D eigenvalue weighted by Crippen LogP contribution is 2.15. The van der Waals surface area contributed by atoms with E-state index in [9.17, 15) is 9.18 Å². The molecule has 0 aromatic heterocycles. The molecule has 1 aromatic carbocycles. The number of piperazine rings is 2. The Labute approximate surface area is 112 Å². The third-order valence-corrected chi connectivity index (χ3v) is 3.90. The van der Waals surface area contributed by atoms with E-state index in [4.69, 9.17) is 0 Å². The lowest BCUT2D eigenvalue weighted by Crippen LogP contribution is -2.63. The van der Waals surface area contributed by atoms with Crippen molar-refractivity contribution in [2.24, 2.45) is 0 Å². The van der Waals surface area contributed by atoms with E-state index in [-0.39, 0.29) is 17.8 Å². The van der Waals surface area contributed by atoms with Gasteiger partial charge in [-0.1, -0.05) is 12.1 Å².